The lowest BCUT2D eigenvalue weighted by molar-refractivity contribution is -0.385. The van der Waals surface area contributed by atoms with Crippen LogP contribution in [0.1, 0.15) is 54.7 Å². The average molecular weight is 458 g/mol. The fourth-order valence-electron chi connectivity index (χ4n) is 3.83. The van der Waals surface area contributed by atoms with Gasteiger partial charge in [-0.15, -0.1) is 0 Å². The van der Waals surface area contributed by atoms with Crippen LogP contribution in [0.5, 0.6) is 0 Å². The Morgan fingerprint density at radius 3 is 2.21 bits per heavy atom. The van der Waals surface area contributed by atoms with E-state index in [2.05, 4.69) is 5.32 Å². The van der Waals surface area contributed by atoms with Gasteiger partial charge in [0, 0.05) is 22.8 Å². The van der Waals surface area contributed by atoms with Crippen LogP contribution in [0, 0.1) is 17.0 Å². The molecule has 9 heteroatoms. The summed E-state index contributed by atoms with van der Waals surface area (Å²) >= 11 is 0. The van der Waals surface area contributed by atoms with E-state index in [0.717, 1.165) is 0 Å². The van der Waals surface area contributed by atoms with Gasteiger partial charge in [-0.3, -0.25) is 24.5 Å². The Hall–Kier alpha value is -4.66. The zero-order valence-electron chi connectivity index (χ0n) is 18.2. The molecule has 0 heterocycles. The van der Waals surface area contributed by atoms with Crippen molar-refractivity contribution in [3.8, 4) is 0 Å². The second kappa shape index (κ2) is 8.70. The number of nitrogens with one attached hydrogen (secondary N) is 1. The molecule has 0 spiro atoms. The molecular formula is C25H18N2O7. The smallest absolute Gasteiger partial charge is 0.346 e. The van der Waals surface area contributed by atoms with Crippen molar-refractivity contribution >= 4 is 34.8 Å². The van der Waals surface area contributed by atoms with Crippen molar-refractivity contribution in [1.29, 1.82) is 0 Å². The number of fused-ring (bicyclic) bond motifs is 2. The lowest BCUT2D eigenvalue weighted by atomic mass is 9.83. The maximum atomic E-state index is 13.1. The molecule has 1 unspecified atom stereocenters. The Balaban J connectivity index is 1.58. The van der Waals surface area contributed by atoms with Crippen molar-refractivity contribution in [1.82, 2.24) is 0 Å². The number of rotatable bonds is 5. The Kier molecular flexibility index (Phi) is 5.77. The number of esters is 1. The van der Waals surface area contributed by atoms with Crippen LogP contribution in [-0.2, 0) is 9.53 Å². The number of nitrogens with zero attached hydrogens (tertiary/aromatic N) is 1. The van der Waals surface area contributed by atoms with Crippen LogP contribution < -0.4 is 5.32 Å². The minimum atomic E-state index is -1.34. The number of anilines is 1. The van der Waals surface area contributed by atoms with Gasteiger partial charge in [-0.25, -0.2) is 4.79 Å². The Morgan fingerprint density at radius 2 is 1.53 bits per heavy atom. The van der Waals surface area contributed by atoms with Gasteiger partial charge in [0.1, 0.15) is 5.56 Å². The normalized spacial score (nSPS) is 12.9. The monoisotopic (exact) mass is 458 g/mol. The first kappa shape index (κ1) is 22.5. The van der Waals surface area contributed by atoms with Gasteiger partial charge in [0.2, 0.25) is 0 Å². The average Bonchev–Trinajstić information content (AvgIpc) is 2.82. The highest BCUT2D eigenvalue weighted by Crippen LogP contribution is 2.32. The first-order chi connectivity index (χ1) is 16.2. The van der Waals surface area contributed by atoms with Gasteiger partial charge in [-0.05, 0) is 25.5 Å². The largest absolute Gasteiger partial charge is 0.449 e. The number of hydrogen-bond donors (Lipinski definition) is 1. The third kappa shape index (κ3) is 3.83. The standard InChI is InChI=1S/C25H18N2O7/c1-13-7-5-12-19(27(32)33)20(13)25(31)34-14(2)24(30)26-18-11-6-10-17-21(18)23(29)16-9-4-3-8-15(16)22(17)28/h3-12,14H,1-2H3,(H,26,30). The highest BCUT2D eigenvalue weighted by molar-refractivity contribution is 6.30. The minimum absolute atomic E-state index is 0.0487. The van der Waals surface area contributed by atoms with Crippen molar-refractivity contribution < 1.29 is 28.8 Å². The Bertz CT molecular complexity index is 1390. The van der Waals surface area contributed by atoms with Gasteiger partial charge in [0.25, 0.3) is 11.6 Å². The highest BCUT2D eigenvalue weighted by atomic mass is 16.6. The first-order valence-corrected chi connectivity index (χ1v) is 10.3. The summed E-state index contributed by atoms with van der Waals surface area (Å²) in [6.07, 6.45) is -1.34. The molecule has 1 aliphatic carbocycles. The molecule has 1 amide bonds. The van der Waals surface area contributed by atoms with E-state index in [1.54, 1.807) is 18.2 Å². The molecule has 1 atom stereocenters. The Morgan fingerprint density at radius 1 is 0.912 bits per heavy atom. The highest BCUT2D eigenvalue weighted by Gasteiger charge is 2.33. The SMILES string of the molecule is Cc1cccc([N+](=O)[O-])c1C(=O)OC(C)C(=O)Nc1cccc2c1C(=O)c1ccccc1C2=O. The van der Waals surface area contributed by atoms with Gasteiger partial charge in [-0.1, -0.05) is 48.5 Å². The molecule has 4 rings (SSSR count). The van der Waals surface area contributed by atoms with Crippen LogP contribution >= 0.6 is 0 Å². The first-order valence-electron chi connectivity index (χ1n) is 10.3. The number of nitro benzene ring substituents is 1. The Labute approximate surface area is 193 Å². The lowest BCUT2D eigenvalue weighted by Gasteiger charge is -2.21. The molecule has 0 fully saturated rings. The molecule has 0 bridgehead atoms. The van der Waals surface area contributed by atoms with Crippen molar-refractivity contribution in [3.05, 3.63) is 104 Å². The van der Waals surface area contributed by atoms with Crippen molar-refractivity contribution in [2.75, 3.05) is 5.32 Å². The quantitative estimate of drug-likeness (QED) is 0.273. The predicted molar refractivity (Wildman–Crippen MR) is 121 cm³/mol. The minimum Gasteiger partial charge on any atom is -0.449 e. The van der Waals surface area contributed by atoms with E-state index >= 15 is 0 Å². The second-order valence-corrected chi connectivity index (χ2v) is 7.69. The third-order valence-electron chi connectivity index (χ3n) is 5.51. The summed E-state index contributed by atoms with van der Waals surface area (Å²) < 4.78 is 5.18. The van der Waals surface area contributed by atoms with Gasteiger partial charge < -0.3 is 10.1 Å². The van der Waals surface area contributed by atoms with Crippen LogP contribution in [0.15, 0.2) is 60.7 Å². The zero-order valence-corrected chi connectivity index (χ0v) is 18.2. The molecule has 34 heavy (non-hydrogen) atoms. The summed E-state index contributed by atoms with van der Waals surface area (Å²) in [5.74, 6) is -2.55. The summed E-state index contributed by atoms with van der Waals surface area (Å²) in [6.45, 7) is 2.82. The van der Waals surface area contributed by atoms with Gasteiger partial charge >= 0.3 is 5.97 Å². The molecule has 0 aromatic heterocycles. The molecule has 3 aromatic carbocycles. The summed E-state index contributed by atoms with van der Waals surface area (Å²) in [5.41, 5.74) is 0.457. The van der Waals surface area contributed by atoms with Crippen molar-refractivity contribution in [2.24, 2.45) is 0 Å². The molecule has 9 nitrogen and oxygen atoms in total. The molecule has 0 aliphatic heterocycles. The fraction of sp³-hybridized carbons (Fsp3) is 0.120. The number of benzene rings is 3. The number of ketones is 2. The zero-order chi connectivity index (χ0) is 24.6. The van der Waals surface area contributed by atoms with Crippen LogP contribution in [0.2, 0.25) is 0 Å². The molecule has 0 saturated carbocycles. The van der Waals surface area contributed by atoms with E-state index < -0.39 is 34.4 Å². The third-order valence-corrected chi connectivity index (χ3v) is 5.51. The molecule has 1 N–H and O–H groups in total. The number of carbonyl (C=O) groups excluding carboxylic acids is 4. The van der Waals surface area contributed by atoms with Crippen molar-refractivity contribution in [3.63, 3.8) is 0 Å². The molecular weight excluding hydrogens is 440 g/mol. The number of hydrogen-bond acceptors (Lipinski definition) is 7. The van der Waals surface area contributed by atoms with E-state index in [-0.39, 0.29) is 39.3 Å². The predicted octanol–water partition coefficient (Wildman–Crippen LogP) is 3.86. The summed E-state index contributed by atoms with van der Waals surface area (Å²) in [7, 11) is 0. The number of carbonyl (C=O) groups is 4. The topological polar surface area (TPSA) is 133 Å². The second-order valence-electron chi connectivity index (χ2n) is 7.69. The summed E-state index contributed by atoms with van der Waals surface area (Å²) in [5, 5.41) is 13.8. The molecule has 170 valence electrons. The van der Waals surface area contributed by atoms with Gasteiger partial charge in [0.15, 0.2) is 17.7 Å². The molecule has 0 radical (unpaired) electrons. The van der Waals surface area contributed by atoms with Crippen molar-refractivity contribution in [2.45, 2.75) is 20.0 Å². The van der Waals surface area contributed by atoms with Crippen LogP contribution in [0.3, 0.4) is 0 Å². The lowest BCUT2D eigenvalue weighted by Crippen LogP contribution is -2.32. The summed E-state index contributed by atoms with van der Waals surface area (Å²) in [6, 6.07) is 15.0. The van der Waals surface area contributed by atoms with E-state index in [0.29, 0.717) is 5.56 Å². The summed E-state index contributed by atoms with van der Waals surface area (Å²) in [4.78, 5) is 61.9. The molecule has 1 aliphatic rings. The van der Waals surface area contributed by atoms with E-state index in [1.165, 1.54) is 56.3 Å². The molecule has 0 saturated heterocycles. The van der Waals surface area contributed by atoms with Gasteiger partial charge in [0.05, 0.1) is 16.2 Å². The number of aryl methyl sites for hydroxylation is 1. The number of nitro groups is 1. The van der Waals surface area contributed by atoms with Crippen LogP contribution in [0.4, 0.5) is 11.4 Å². The van der Waals surface area contributed by atoms with E-state index in [4.69, 9.17) is 4.74 Å². The van der Waals surface area contributed by atoms with E-state index in [1.807, 2.05) is 0 Å². The maximum absolute atomic E-state index is 13.1. The number of amides is 1. The van der Waals surface area contributed by atoms with Crippen LogP contribution in [0.25, 0.3) is 0 Å². The van der Waals surface area contributed by atoms with Crippen LogP contribution in [-0.4, -0.2) is 34.5 Å². The maximum Gasteiger partial charge on any atom is 0.346 e. The number of ether oxygens (including phenoxy) is 1. The molecule has 3 aromatic rings. The fourth-order valence-corrected chi connectivity index (χ4v) is 3.83. The van der Waals surface area contributed by atoms with E-state index in [9.17, 15) is 29.3 Å². The van der Waals surface area contributed by atoms with Gasteiger partial charge in [-0.2, -0.15) is 0 Å².